The molecule has 134 valence electrons. The fourth-order valence-corrected chi connectivity index (χ4v) is 2.49. The Morgan fingerprint density at radius 2 is 2.00 bits per heavy atom. The first-order valence-electron chi connectivity index (χ1n) is 8.02. The first kappa shape index (κ1) is 18.8. The summed E-state index contributed by atoms with van der Waals surface area (Å²) < 4.78 is 11.4. The number of aliphatic hydroxyl groups excluding tert-OH is 1. The van der Waals surface area contributed by atoms with Crippen molar-refractivity contribution in [2.75, 3.05) is 34.3 Å². The Labute approximate surface area is 148 Å². The number of rotatable bonds is 7. The summed E-state index contributed by atoms with van der Waals surface area (Å²) in [4.78, 5) is 8.10. The van der Waals surface area contributed by atoms with Crippen molar-refractivity contribution in [3.8, 4) is 17.6 Å². The SMILES string of the molecule is COc1cc(C#N)c(N=CN(C)C)cc1OC([C@H](C)O)N1CC=CC1. The third-order valence-electron chi connectivity index (χ3n) is 3.70. The minimum absolute atomic E-state index is 0.388. The smallest absolute Gasteiger partial charge is 0.179 e. The maximum absolute atomic E-state index is 10.1. The van der Waals surface area contributed by atoms with Crippen LogP contribution in [0.4, 0.5) is 5.69 Å². The Hall–Kier alpha value is -2.56. The first-order valence-corrected chi connectivity index (χ1v) is 8.02. The maximum Gasteiger partial charge on any atom is 0.179 e. The molecule has 0 bridgehead atoms. The molecule has 1 heterocycles. The van der Waals surface area contributed by atoms with E-state index in [2.05, 4.69) is 11.1 Å². The number of nitrogens with zero attached hydrogens (tertiary/aromatic N) is 4. The largest absolute Gasteiger partial charge is 0.493 e. The first-order chi connectivity index (χ1) is 12.0. The van der Waals surface area contributed by atoms with Crippen molar-refractivity contribution >= 4 is 12.0 Å². The minimum Gasteiger partial charge on any atom is -0.493 e. The molecule has 0 radical (unpaired) electrons. The predicted molar refractivity (Wildman–Crippen MR) is 96.4 cm³/mol. The van der Waals surface area contributed by atoms with Crippen molar-refractivity contribution in [2.45, 2.75) is 19.3 Å². The third kappa shape index (κ3) is 4.72. The number of ether oxygens (including phenoxy) is 2. The second kappa shape index (κ2) is 8.51. The molecule has 0 fully saturated rings. The second-order valence-corrected chi connectivity index (χ2v) is 6.01. The summed E-state index contributed by atoms with van der Waals surface area (Å²) in [5.74, 6) is 0.864. The van der Waals surface area contributed by atoms with E-state index in [0.717, 1.165) is 0 Å². The standard InChI is InChI=1S/C18H24N4O3/c1-13(23)18(22-7-5-6-8-22)25-17-10-15(20-12-21(2)3)14(11-19)9-16(17)24-4/h5-6,9-10,12-13,18,23H,7-8H2,1-4H3/t13-,18?/m0/s1. The summed E-state index contributed by atoms with van der Waals surface area (Å²) in [5.41, 5.74) is 0.870. The van der Waals surface area contributed by atoms with E-state index in [1.165, 1.54) is 7.11 Å². The van der Waals surface area contributed by atoms with Gasteiger partial charge in [-0.3, -0.25) is 4.90 Å². The van der Waals surface area contributed by atoms with E-state index >= 15 is 0 Å². The molecule has 2 atom stereocenters. The molecule has 1 N–H and O–H groups in total. The average Bonchev–Trinajstić information content (AvgIpc) is 3.11. The fourth-order valence-electron chi connectivity index (χ4n) is 2.49. The third-order valence-corrected chi connectivity index (χ3v) is 3.70. The molecule has 1 aliphatic heterocycles. The molecular formula is C18H24N4O3. The van der Waals surface area contributed by atoms with Crippen LogP contribution in [0, 0.1) is 11.3 Å². The zero-order valence-corrected chi connectivity index (χ0v) is 15.0. The molecule has 1 aromatic rings. The highest BCUT2D eigenvalue weighted by molar-refractivity contribution is 5.68. The van der Waals surface area contributed by atoms with Crippen molar-refractivity contribution in [1.82, 2.24) is 9.80 Å². The Bertz CT molecular complexity index is 684. The number of benzene rings is 1. The lowest BCUT2D eigenvalue weighted by atomic mass is 10.1. The predicted octanol–water partition coefficient (Wildman–Crippen LogP) is 1.75. The highest BCUT2D eigenvalue weighted by Crippen LogP contribution is 2.36. The molecule has 0 amide bonds. The van der Waals surface area contributed by atoms with Gasteiger partial charge in [-0.2, -0.15) is 5.26 Å². The number of methoxy groups -OCH3 is 1. The van der Waals surface area contributed by atoms with E-state index in [-0.39, 0.29) is 0 Å². The van der Waals surface area contributed by atoms with E-state index in [9.17, 15) is 10.4 Å². The van der Waals surface area contributed by atoms with E-state index in [1.54, 1.807) is 30.3 Å². The Balaban J connectivity index is 2.37. The van der Waals surface area contributed by atoms with Gasteiger partial charge in [0.2, 0.25) is 0 Å². The van der Waals surface area contributed by atoms with Crippen molar-refractivity contribution in [3.05, 3.63) is 29.8 Å². The summed E-state index contributed by atoms with van der Waals surface area (Å²) in [7, 11) is 5.21. The average molecular weight is 344 g/mol. The summed E-state index contributed by atoms with van der Waals surface area (Å²) in [6.07, 6.45) is 4.45. The van der Waals surface area contributed by atoms with E-state index in [0.29, 0.717) is 35.8 Å². The van der Waals surface area contributed by atoms with Crippen LogP contribution in [0.1, 0.15) is 12.5 Å². The highest BCUT2D eigenvalue weighted by Gasteiger charge is 2.27. The van der Waals surface area contributed by atoms with E-state index in [4.69, 9.17) is 9.47 Å². The fraction of sp³-hybridized carbons (Fsp3) is 0.444. The van der Waals surface area contributed by atoms with Gasteiger partial charge < -0.3 is 19.5 Å². The molecule has 0 aliphatic carbocycles. The quantitative estimate of drug-likeness (QED) is 0.461. The lowest BCUT2D eigenvalue weighted by Crippen LogP contribution is -2.45. The molecule has 2 rings (SSSR count). The van der Waals surface area contributed by atoms with Gasteiger partial charge in [-0.1, -0.05) is 12.2 Å². The van der Waals surface area contributed by atoms with Gasteiger partial charge in [-0.05, 0) is 6.92 Å². The van der Waals surface area contributed by atoms with Crippen LogP contribution in [0.25, 0.3) is 0 Å². The molecule has 1 unspecified atom stereocenters. The van der Waals surface area contributed by atoms with Gasteiger partial charge in [0.15, 0.2) is 17.7 Å². The summed E-state index contributed by atoms with van der Waals surface area (Å²) >= 11 is 0. The lowest BCUT2D eigenvalue weighted by molar-refractivity contribution is -0.0462. The molecule has 0 saturated heterocycles. The molecule has 7 heteroatoms. The van der Waals surface area contributed by atoms with Gasteiger partial charge >= 0.3 is 0 Å². The monoisotopic (exact) mass is 344 g/mol. The van der Waals surface area contributed by atoms with Crippen LogP contribution in [0.3, 0.4) is 0 Å². The Morgan fingerprint density at radius 1 is 1.32 bits per heavy atom. The highest BCUT2D eigenvalue weighted by atomic mass is 16.5. The molecule has 0 saturated carbocycles. The van der Waals surface area contributed by atoms with Crippen LogP contribution >= 0.6 is 0 Å². The molecule has 25 heavy (non-hydrogen) atoms. The minimum atomic E-state index is -0.700. The van der Waals surface area contributed by atoms with Gasteiger partial charge in [0, 0.05) is 39.3 Å². The molecule has 7 nitrogen and oxygen atoms in total. The summed E-state index contributed by atoms with van der Waals surface area (Å²) in [6, 6.07) is 5.37. The van der Waals surface area contributed by atoms with Gasteiger partial charge in [0.05, 0.1) is 24.7 Å². The lowest BCUT2D eigenvalue weighted by Gasteiger charge is -2.30. The number of hydrogen-bond acceptors (Lipinski definition) is 6. The van der Waals surface area contributed by atoms with E-state index in [1.807, 2.05) is 31.1 Å². The van der Waals surface area contributed by atoms with Gasteiger partial charge in [-0.15, -0.1) is 0 Å². The zero-order valence-electron chi connectivity index (χ0n) is 15.0. The molecule has 1 aliphatic rings. The van der Waals surface area contributed by atoms with E-state index < -0.39 is 12.3 Å². The van der Waals surface area contributed by atoms with Gasteiger partial charge in [0.1, 0.15) is 12.2 Å². The van der Waals surface area contributed by atoms with Crippen LogP contribution in [-0.4, -0.2) is 67.9 Å². The molecule has 0 aromatic heterocycles. The Morgan fingerprint density at radius 3 is 2.52 bits per heavy atom. The van der Waals surface area contributed by atoms with Crippen LogP contribution < -0.4 is 9.47 Å². The van der Waals surface area contributed by atoms with Crippen LogP contribution in [0.2, 0.25) is 0 Å². The zero-order chi connectivity index (χ0) is 18.4. The number of aliphatic imine (C=N–C) groups is 1. The number of hydrogen-bond donors (Lipinski definition) is 1. The van der Waals surface area contributed by atoms with Crippen molar-refractivity contribution in [2.24, 2.45) is 4.99 Å². The second-order valence-electron chi connectivity index (χ2n) is 6.01. The summed E-state index contributed by atoms with van der Waals surface area (Å²) in [6.45, 7) is 3.10. The molecular weight excluding hydrogens is 320 g/mol. The van der Waals surface area contributed by atoms with Crippen LogP contribution in [-0.2, 0) is 0 Å². The Kier molecular flexibility index (Phi) is 6.39. The maximum atomic E-state index is 10.1. The number of aliphatic hydroxyl groups is 1. The summed E-state index contributed by atoms with van der Waals surface area (Å²) in [5, 5.41) is 19.5. The molecule has 0 spiro atoms. The van der Waals surface area contributed by atoms with Gasteiger partial charge in [-0.25, -0.2) is 4.99 Å². The van der Waals surface area contributed by atoms with Crippen molar-refractivity contribution in [1.29, 1.82) is 5.26 Å². The van der Waals surface area contributed by atoms with Crippen molar-refractivity contribution < 1.29 is 14.6 Å². The van der Waals surface area contributed by atoms with Crippen molar-refractivity contribution in [3.63, 3.8) is 0 Å². The topological polar surface area (TPSA) is 81.3 Å². The van der Waals surface area contributed by atoms with Gasteiger partial charge in [0.25, 0.3) is 0 Å². The number of nitriles is 1. The molecule has 1 aromatic carbocycles. The van der Waals surface area contributed by atoms with Crippen LogP contribution in [0.15, 0.2) is 29.3 Å². The normalized spacial score (nSPS) is 16.6. The van der Waals surface area contributed by atoms with Crippen LogP contribution in [0.5, 0.6) is 11.5 Å².